The van der Waals surface area contributed by atoms with Gasteiger partial charge in [-0.3, -0.25) is 0 Å². The first-order valence-corrected chi connectivity index (χ1v) is 9.39. The SMILES string of the molecule is CCCCCCCCOC(=O)c1ccc(O)cc1OC(=O)c1ccccc1. The van der Waals surface area contributed by atoms with Crippen LogP contribution in [0.1, 0.15) is 66.2 Å². The van der Waals surface area contributed by atoms with E-state index in [0.717, 1.165) is 19.3 Å². The maximum atomic E-state index is 12.3. The Morgan fingerprint density at radius 1 is 0.889 bits per heavy atom. The molecule has 0 saturated carbocycles. The number of carbonyl (C=O) groups is 2. The van der Waals surface area contributed by atoms with Crippen molar-refractivity contribution in [2.45, 2.75) is 45.4 Å². The van der Waals surface area contributed by atoms with Gasteiger partial charge in [-0.1, -0.05) is 57.2 Å². The monoisotopic (exact) mass is 370 g/mol. The molecule has 0 saturated heterocycles. The predicted molar refractivity (Wildman–Crippen MR) is 103 cm³/mol. The smallest absolute Gasteiger partial charge is 0.343 e. The van der Waals surface area contributed by atoms with Gasteiger partial charge in [0.2, 0.25) is 0 Å². The molecule has 27 heavy (non-hydrogen) atoms. The number of rotatable bonds is 10. The molecule has 0 unspecified atom stereocenters. The van der Waals surface area contributed by atoms with Crippen LogP contribution in [0.25, 0.3) is 0 Å². The molecule has 0 radical (unpaired) electrons. The van der Waals surface area contributed by atoms with E-state index in [1.54, 1.807) is 30.3 Å². The van der Waals surface area contributed by atoms with Gasteiger partial charge in [0.05, 0.1) is 12.2 Å². The van der Waals surface area contributed by atoms with E-state index in [0.29, 0.717) is 12.2 Å². The molecule has 2 rings (SSSR count). The lowest BCUT2D eigenvalue weighted by Gasteiger charge is -2.11. The minimum atomic E-state index is -0.605. The van der Waals surface area contributed by atoms with Crippen LogP contribution in [0.2, 0.25) is 0 Å². The standard InChI is InChI=1S/C22H26O5/c1-2-3-4-5-6-10-15-26-22(25)19-14-13-18(23)16-20(19)27-21(24)17-11-8-7-9-12-17/h7-9,11-14,16,23H,2-6,10,15H2,1H3. The fourth-order valence-electron chi connectivity index (χ4n) is 2.62. The second-order valence-electron chi connectivity index (χ2n) is 6.34. The molecule has 0 heterocycles. The predicted octanol–water partition coefficient (Wildman–Crippen LogP) is 5.13. The zero-order valence-corrected chi connectivity index (χ0v) is 15.6. The van der Waals surface area contributed by atoms with Crippen molar-refractivity contribution in [3.8, 4) is 11.5 Å². The summed E-state index contributed by atoms with van der Waals surface area (Å²) in [5.74, 6) is -1.29. The summed E-state index contributed by atoms with van der Waals surface area (Å²) in [5.41, 5.74) is 0.468. The van der Waals surface area contributed by atoms with E-state index in [2.05, 4.69) is 6.92 Å². The molecule has 144 valence electrons. The molecule has 2 aromatic rings. The Balaban J connectivity index is 1.94. The second-order valence-corrected chi connectivity index (χ2v) is 6.34. The fraction of sp³-hybridized carbons (Fsp3) is 0.364. The summed E-state index contributed by atoms with van der Waals surface area (Å²) in [6.45, 7) is 2.49. The summed E-state index contributed by atoms with van der Waals surface area (Å²) < 4.78 is 10.6. The van der Waals surface area contributed by atoms with Crippen molar-refractivity contribution in [1.82, 2.24) is 0 Å². The van der Waals surface area contributed by atoms with Gasteiger partial charge in [0, 0.05) is 6.07 Å². The van der Waals surface area contributed by atoms with E-state index in [1.165, 1.54) is 37.5 Å². The topological polar surface area (TPSA) is 72.8 Å². The van der Waals surface area contributed by atoms with Crippen LogP contribution in [0.5, 0.6) is 11.5 Å². The van der Waals surface area contributed by atoms with Crippen molar-refractivity contribution in [2.75, 3.05) is 6.61 Å². The molecule has 0 bridgehead atoms. The van der Waals surface area contributed by atoms with Crippen LogP contribution in [0.15, 0.2) is 48.5 Å². The number of ether oxygens (including phenoxy) is 2. The highest BCUT2D eigenvalue weighted by Gasteiger charge is 2.18. The molecular weight excluding hydrogens is 344 g/mol. The van der Waals surface area contributed by atoms with Crippen molar-refractivity contribution in [1.29, 1.82) is 0 Å². The van der Waals surface area contributed by atoms with Gasteiger partial charge in [0.25, 0.3) is 0 Å². The van der Waals surface area contributed by atoms with Crippen LogP contribution in [0.3, 0.4) is 0 Å². The van der Waals surface area contributed by atoms with Crippen molar-refractivity contribution >= 4 is 11.9 Å². The largest absolute Gasteiger partial charge is 0.508 e. The Morgan fingerprint density at radius 3 is 2.33 bits per heavy atom. The average Bonchev–Trinajstić information content (AvgIpc) is 2.68. The molecule has 0 spiro atoms. The van der Waals surface area contributed by atoms with Gasteiger partial charge in [-0.15, -0.1) is 0 Å². The zero-order valence-electron chi connectivity index (χ0n) is 15.6. The molecule has 0 aliphatic rings. The summed E-state index contributed by atoms with van der Waals surface area (Å²) in [7, 11) is 0. The minimum Gasteiger partial charge on any atom is -0.508 e. The average molecular weight is 370 g/mol. The normalized spacial score (nSPS) is 10.4. The lowest BCUT2D eigenvalue weighted by molar-refractivity contribution is 0.0492. The van der Waals surface area contributed by atoms with Crippen molar-refractivity contribution in [2.24, 2.45) is 0 Å². The lowest BCUT2D eigenvalue weighted by atomic mass is 10.1. The molecule has 1 N–H and O–H groups in total. The number of unbranched alkanes of at least 4 members (excludes halogenated alkanes) is 5. The fourth-order valence-corrected chi connectivity index (χ4v) is 2.62. The molecular formula is C22H26O5. The number of phenols is 1. The highest BCUT2D eigenvalue weighted by molar-refractivity contribution is 5.96. The maximum Gasteiger partial charge on any atom is 0.343 e. The van der Waals surface area contributed by atoms with Crippen LogP contribution in [0, 0.1) is 0 Å². The number of phenolic OH excluding ortho intramolecular Hbond substituents is 1. The minimum absolute atomic E-state index is 0.0169. The maximum absolute atomic E-state index is 12.3. The number of benzene rings is 2. The number of hydrogen-bond donors (Lipinski definition) is 1. The van der Waals surface area contributed by atoms with Crippen LogP contribution in [0.4, 0.5) is 0 Å². The Hall–Kier alpha value is -2.82. The van der Waals surface area contributed by atoms with Gasteiger partial charge >= 0.3 is 11.9 Å². The van der Waals surface area contributed by atoms with Gasteiger partial charge in [0.1, 0.15) is 17.1 Å². The van der Waals surface area contributed by atoms with E-state index in [4.69, 9.17) is 9.47 Å². The summed E-state index contributed by atoms with van der Waals surface area (Å²) in [6, 6.07) is 12.4. The Labute approximate surface area is 159 Å². The van der Waals surface area contributed by atoms with Gasteiger partial charge in [-0.25, -0.2) is 9.59 Å². The van der Waals surface area contributed by atoms with Crippen molar-refractivity contribution < 1.29 is 24.2 Å². The molecule has 0 amide bonds. The molecule has 2 aromatic carbocycles. The summed E-state index contributed by atoms with van der Waals surface area (Å²) >= 11 is 0. The third kappa shape index (κ3) is 6.77. The lowest BCUT2D eigenvalue weighted by Crippen LogP contribution is -2.13. The van der Waals surface area contributed by atoms with Gasteiger partial charge in [-0.2, -0.15) is 0 Å². The molecule has 0 aliphatic heterocycles. The molecule has 5 nitrogen and oxygen atoms in total. The van der Waals surface area contributed by atoms with E-state index in [1.807, 2.05) is 0 Å². The van der Waals surface area contributed by atoms with Crippen LogP contribution < -0.4 is 4.74 Å². The summed E-state index contributed by atoms with van der Waals surface area (Å²) in [4.78, 5) is 24.6. The van der Waals surface area contributed by atoms with Crippen LogP contribution in [-0.4, -0.2) is 23.7 Å². The first kappa shape index (κ1) is 20.5. The highest BCUT2D eigenvalue weighted by atomic mass is 16.5. The molecule has 0 aromatic heterocycles. The molecule has 0 aliphatic carbocycles. The third-order valence-electron chi connectivity index (χ3n) is 4.13. The molecule has 5 heteroatoms. The van der Waals surface area contributed by atoms with Crippen LogP contribution >= 0.6 is 0 Å². The second kappa shape index (κ2) is 11.0. The van der Waals surface area contributed by atoms with E-state index >= 15 is 0 Å². The first-order valence-electron chi connectivity index (χ1n) is 9.39. The Kier molecular flexibility index (Phi) is 8.36. The molecule has 0 fully saturated rings. The van der Waals surface area contributed by atoms with Gasteiger partial charge in [0.15, 0.2) is 0 Å². The quantitative estimate of drug-likeness (QED) is 0.357. The zero-order chi connectivity index (χ0) is 19.5. The Morgan fingerprint density at radius 2 is 1.59 bits per heavy atom. The number of carbonyl (C=O) groups excluding carboxylic acids is 2. The van der Waals surface area contributed by atoms with Gasteiger partial charge < -0.3 is 14.6 Å². The number of aromatic hydroxyl groups is 1. The molecule has 0 atom stereocenters. The highest BCUT2D eigenvalue weighted by Crippen LogP contribution is 2.26. The van der Waals surface area contributed by atoms with Crippen LogP contribution in [-0.2, 0) is 4.74 Å². The van der Waals surface area contributed by atoms with Gasteiger partial charge in [-0.05, 0) is 30.7 Å². The summed E-state index contributed by atoms with van der Waals surface area (Å²) in [6.07, 6.45) is 6.56. The van der Waals surface area contributed by atoms with E-state index < -0.39 is 11.9 Å². The summed E-state index contributed by atoms with van der Waals surface area (Å²) in [5, 5.41) is 9.68. The van der Waals surface area contributed by atoms with E-state index in [-0.39, 0.29) is 17.1 Å². The Bertz CT molecular complexity index is 740. The third-order valence-corrected chi connectivity index (χ3v) is 4.13. The number of hydrogen-bond acceptors (Lipinski definition) is 5. The van der Waals surface area contributed by atoms with E-state index in [9.17, 15) is 14.7 Å². The van der Waals surface area contributed by atoms with Crippen molar-refractivity contribution in [3.05, 3.63) is 59.7 Å². The first-order chi connectivity index (χ1) is 13.1. The van der Waals surface area contributed by atoms with Crippen molar-refractivity contribution in [3.63, 3.8) is 0 Å². The number of esters is 2.